The molecule has 0 amide bonds. The minimum atomic E-state index is -0.823. The lowest BCUT2D eigenvalue weighted by Crippen LogP contribution is -2.46. The van der Waals surface area contributed by atoms with E-state index in [-0.39, 0.29) is 12.9 Å². The van der Waals surface area contributed by atoms with Crippen LogP contribution in [-0.4, -0.2) is 42.2 Å². The van der Waals surface area contributed by atoms with E-state index in [0.717, 1.165) is 25.1 Å². The van der Waals surface area contributed by atoms with Crippen LogP contribution in [0.5, 0.6) is 0 Å². The lowest BCUT2D eigenvalue weighted by atomic mass is 9.83. The van der Waals surface area contributed by atoms with Gasteiger partial charge >= 0.3 is 0 Å². The minimum absolute atomic E-state index is 0. The van der Waals surface area contributed by atoms with E-state index in [0.29, 0.717) is 6.54 Å². The van der Waals surface area contributed by atoms with Crippen LogP contribution in [0.2, 0.25) is 0 Å². The van der Waals surface area contributed by atoms with Crippen molar-refractivity contribution in [1.29, 1.82) is 0 Å². The van der Waals surface area contributed by atoms with Gasteiger partial charge in [0, 0.05) is 26.9 Å². The van der Waals surface area contributed by atoms with Gasteiger partial charge in [-0.2, -0.15) is 0 Å². The zero-order chi connectivity index (χ0) is 14.8. The Morgan fingerprint density at radius 3 is 2.90 bits per heavy atom. The Balaban J connectivity index is 0.00000220. The fourth-order valence-corrected chi connectivity index (χ4v) is 2.53. The van der Waals surface area contributed by atoms with Crippen molar-refractivity contribution in [3.63, 3.8) is 0 Å². The van der Waals surface area contributed by atoms with Gasteiger partial charge < -0.3 is 10.2 Å². The van der Waals surface area contributed by atoms with Crippen LogP contribution in [0.3, 0.4) is 0 Å². The number of hydrogen-bond donors (Lipinski definition) is 1. The van der Waals surface area contributed by atoms with E-state index >= 15 is 0 Å². The summed E-state index contributed by atoms with van der Waals surface area (Å²) in [6.07, 6.45) is 4.77. The van der Waals surface area contributed by atoms with Crippen molar-refractivity contribution in [2.75, 3.05) is 25.5 Å². The van der Waals surface area contributed by atoms with E-state index in [1.54, 1.807) is 6.20 Å². The Morgan fingerprint density at radius 2 is 2.25 bits per heavy atom. The normalized spacial score (nSPS) is 24.6. The first-order chi connectivity index (χ1) is 9.42. The number of hydrogen-bond acceptors (Lipinski definition) is 3. The first-order valence-corrected chi connectivity index (χ1v) is 7.47. The van der Waals surface area contributed by atoms with Gasteiger partial charge in [0.25, 0.3) is 0 Å². The molecule has 1 aliphatic rings. The third-order valence-electron chi connectivity index (χ3n) is 4.50. The summed E-state index contributed by atoms with van der Waals surface area (Å²) in [7, 11) is 1.97. The summed E-state index contributed by atoms with van der Waals surface area (Å²) in [6.45, 7) is 8.04. The first kappa shape index (κ1) is 15.2. The van der Waals surface area contributed by atoms with E-state index in [4.69, 9.17) is 0 Å². The Kier molecular flexibility index (Phi) is 4.63. The molecule has 20 heavy (non-hydrogen) atoms. The predicted octanol–water partition coefficient (Wildman–Crippen LogP) is 3.47. The van der Waals surface area contributed by atoms with E-state index in [9.17, 15) is 4.39 Å². The molecule has 0 spiro atoms. The molecule has 114 valence electrons. The highest BCUT2D eigenvalue weighted by Gasteiger charge is 2.27. The molecular weight excluding hydrogens is 253 g/mol. The monoisotopic (exact) mass is 281 g/mol. The average Bonchev–Trinajstić information content (AvgIpc) is 2.42. The summed E-state index contributed by atoms with van der Waals surface area (Å²) < 4.78 is 14.1. The molecule has 0 radical (unpaired) electrons. The molecule has 2 atom stereocenters. The van der Waals surface area contributed by atoms with Crippen LogP contribution in [-0.2, 0) is 5.41 Å². The highest BCUT2D eigenvalue weighted by atomic mass is 19.1. The molecule has 1 saturated heterocycles. The largest absolute Gasteiger partial charge is 0.378 e. The topological polar surface area (TPSA) is 28.2 Å². The maximum absolute atomic E-state index is 14.1. The highest BCUT2D eigenvalue weighted by molar-refractivity contribution is 5.45. The van der Waals surface area contributed by atoms with Crippen LogP contribution in [0.25, 0.3) is 0 Å². The van der Waals surface area contributed by atoms with E-state index in [1.165, 1.54) is 5.56 Å². The van der Waals surface area contributed by atoms with Crippen molar-refractivity contribution in [3.8, 4) is 0 Å². The van der Waals surface area contributed by atoms with Crippen molar-refractivity contribution in [2.45, 2.75) is 51.2 Å². The van der Waals surface area contributed by atoms with E-state index in [2.05, 4.69) is 37.1 Å². The minimum Gasteiger partial charge on any atom is -0.378 e. The average molecular weight is 281 g/mol. The molecule has 1 aromatic heterocycles. The maximum Gasteiger partial charge on any atom is 0.133 e. The summed E-state index contributed by atoms with van der Waals surface area (Å²) in [5.41, 5.74) is 2.24. The number of nitrogens with zero attached hydrogens (tertiary/aromatic N) is 2. The number of anilines is 1. The lowest BCUT2D eigenvalue weighted by Gasteiger charge is -2.33. The van der Waals surface area contributed by atoms with Gasteiger partial charge in [0.15, 0.2) is 0 Å². The standard InChI is InChI=1S/C16H26FN3.H2/c1-5-16(2,3)12-8-13(10-18-9-12)19-15-6-7-20(4)11-14(15)17;/h8-10,14-15,19H,5-7,11H2,1-4H3;1H. The molecule has 1 aromatic rings. The van der Waals surface area contributed by atoms with E-state index in [1.807, 2.05) is 18.1 Å². The third kappa shape index (κ3) is 3.48. The molecule has 0 bridgehead atoms. The molecule has 4 heteroatoms. The Bertz CT molecular complexity index is 453. The number of rotatable bonds is 4. The van der Waals surface area contributed by atoms with Crippen LogP contribution in [0, 0.1) is 0 Å². The van der Waals surface area contributed by atoms with Gasteiger partial charge in [0.1, 0.15) is 6.17 Å². The highest BCUT2D eigenvalue weighted by Crippen LogP contribution is 2.28. The molecule has 1 fully saturated rings. The van der Waals surface area contributed by atoms with Crippen molar-refractivity contribution in [1.82, 2.24) is 9.88 Å². The predicted molar refractivity (Wildman–Crippen MR) is 84.1 cm³/mol. The molecule has 2 heterocycles. The van der Waals surface area contributed by atoms with Crippen LogP contribution < -0.4 is 5.32 Å². The summed E-state index contributed by atoms with van der Waals surface area (Å²) in [4.78, 5) is 6.35. The second kappa shape index (κ2) is 6.08. The second-order valence-corrected chi connectivity index (χ2v) is 6.52. The van der Waals surface area contributed by atoms with Gasteiger partial charge in [-0.3, -0.25) is 4.98 Å². The molecule has 2 unspecified atom stereocenters. The number of halogens is 1. The van der Waals surface area contributed by atoms with E-state index < -0.39 is 6.17 Å². The van der Waals surface area contributed by atoms with Crippen molar-refractivity contribution < 1.29 is 5.82 Å². The maximum atomic E-state index is 14.1. The van der Waals surface area contributed by atoms with Crippen molar-refractivity contribution in [2.24, 2.45) is 0 Å². The Hall–Kier alpha value is -1.16. The number of piperidine rings is 1. The molecule has 0 aliphatic carbocycles. The van der Waals surface area contributed by atoms with Gasteiger partial charge in [0.05, 0.1) is 11.7 Å². The fraction of sp³-hybridized carbons (Fsp3) is 0.688. The van der Waals surface area contributed by atoms with Crippen LogP contribution >= 0.6 is 0 Å². The van der Waals surface area contributed by atoms with Crippen molar-refractivity contribution >= 4 is 5.69 Å². The smallest absolute Gasteiger partial charge is 0.133 e. The van der Waals surface area contributed by atoms with Crippen LogP contribution in [0.1, 0.15) is 40.6 Å². The van der Waals surface area contributed by atoms with Gasteiger partial charge in [-0.1, -0.05) is 20.8 Å². The summed E-state index contributed by atoms with van der Waals surface area (Å²) in [5, 5.41) is 3.32. The van der Waals surface area contributed by atoms with Gasteiger partial charge in [-0.25, -0.2) is 4.39 Å². The number of pyridine rings is 1. The molecule has 1 N–H and O–H groups in total. The molecule has 0 saturated carbocycles. The van der Waals surface area contributed by atoms with Gasteiger partial charge in [-0.05, 0) is 36.9 Å². The number of alkyl halides is 1. The number of likely N-dealkylation sites (tertiary alicyclic amines) is 1. The SMILES string of the molecule is CCC(C)(C)c1cncc(NC2CCN(C)CC2F)c1.[HH]. The molecule has 1 aliphatic heterocycles. The number of nitrogens with one attached hydrogen (secondary N) is 1. The lowest BCUT2D eigenvalue weighted by molar-refractivity contribution is 0.149. The second-order valence-electron chi connectivity index (χ2n) is 6.52. The zero-order valence-corrected chi connectivity index (χ0v) is 13.0. The van der Waals surface area contributed by atoms with Gasteiger partial charge in [0.2, 0.25) is 0 Å². The first-order valence-electron chi connectivity index (χ1n) is 7.47. The van der Waals surface area contributed by atoms with Crippen LogP contribution in [0.15, 0.2) is 18.5 Å². The molecule has 0 aromatic carbocycles. The van der Waals surface area contributed by atoms with Crippen LogP contribution in [0.4, 0.5) is 10.1 Å². The zero-order valence-electron chi connectivity index (χ0n) is 13.0. The molecule has 3 nitrogen and oxygen atoms in total. The molecule has 2 rings (SSSR count). The quantitative estimate of drug-likeness (QED) is 0.916. The van der Waals surface area contributed by atoms with Crippen molar-refractivity contribution in [3.05, 3.63) is 24.0 Å². The summed E-state index contributed by atoms with van der Waals surface area (Å²) in [5.74, 6) is 0. The Labute approximate surface area is 123 Å². The van der Waals surface area contributed by atoms with Gasteiger partial charge in [-0.15, -0.1) is 0 Å². The third-order valence-corrected chi connectivity index (χ3v) is 4.50. The fourth-order valence-electron chi connectivity index (χ4n) is 2.53. The molecular formula is C16H28FN3. The summed E-state index contributed by atoms with van der Waals surface area (Å²) >= 11 is 0. The number of aromatic nitrogens is 1. The Morgan fingerprint density at radius 1 is 1.50 bits per heavy atom. The summed E-state index contributed by atoms with van der Waals surface area (Å²) in [6, 6.07) is 2.01.